The maximum absolute atomic E-state index is 5.66. The molecule has 0 unspecified atom stereocenters. The molecule has 19 heavy (non-hydrogen) atoms. The molecule has 1 aromatic rings. The molecule has 0 aliphatic carbocycles. The van der Waals surface area contributed by atoms with Crippen LogP contribution in [0.25, 0.3) is 0 Å². The molecule has 0 aliphatic heterocycles. The van der Waals surface area contributed by atoms with E-state index in [4.69, 9.17) is 9.47 Å². The fourth-order valence-corrected chi connectivity index (χ4v) is 1.52. The van der Waals surface area contributed by atoms with E-state index >= 15 is 0 Å². The monoisotopic (exact) mass is 260 g/mol. The van der Waals surface area contributed by atoms with Crippen LogP contribution in [0, 0.1) is 6.92 Å². The Morgan fingerprint density at radius 2 is 1.89 bits per heavy atom. The van der Waals surface area contributed by atoms with Gasteiger partial charge in [0, 0.05) is 6.42 Å². The van der Waals surface area contributed by atoms with Gasteiger partial charge in [-0.3, -0.25) is 0 Å². The Balaban J connectivity index is 2.18. The van der Waals surface area contributed by atoms with Gasteiger partial charge in [-0.05, 0) is 51.5 Å². The lowest BCUT2D eigenvalue weighted by Gasteiger charge is -2.08. The Labute approximate surface area is 116 Å². The maximum atomic E-state index is 5.66. The zero-order valence-electron chi connectivity index (χ0n) is 12.4. The maximum Gasteiger partial charge on any atom is 0.119 e. The highest BCUT2D eigenvalue weighted by molar-refractivity contribution is 5.27. The number of aryl methyl sites for hydroxylation is 1. The van der Waals surface area contributed by atoms with E-state index in [-0.39, 0.29) is 0 Å². The van der Waals surface area contributed by atoms with Crippen LogP contribution in [0.4, 0.5) is 0 Å². The van der Waals surface area contributed by atoms with Crippen molar-refractivity contribution >= 4 is 0 Å². The summed E-state index contributed by atoms with van der Waals surface area (Å²) in [5.74, 6) is 1.87. The van der Waals surface area contributed by atoms with Crippen molar-refractivity contribution in [3.63, 3.8) is 0 Å². The summed E-state index contributed by atoms with van der Waals surface area (Å²) >= 11 is 0. The fourth-order valence-electron chi connectivity index (χ4n) is 1.52. The van der Waals surface area contributed by atoms with E-state index in [2.05, 4.69) is 32.9 Å². The third-order valence-electron chi connectivity index (χ3n) is 2.53. The summed E-state index contributed by atoms with van der Waals surface area (Å²) in [6.45, 7) is 9.54. The lowest BCUT2D eigenvalue weighted by atomic mass is 10.2. The molecule has 0 aliphatic rings. The molecule has 0 N–H and O–H groups in total. The topological polar surface area (TPSA) is 18.5 Å². The van der Waals surface area contributed by atoms with Gasteiger partial charge in [0.2, 0.25) is 0 Å². The zero-order valence-corrected chi connectivity index (χ0v) is 12.4. The average Bonchev–Trinajstić information content (AvgIpc) is 2.36. The van der Waals surface area contributed by atoms with Gasteiger partial charge in [-0.15, -0.1) is 0 Å². The van der Waals surface area contributed by atoms with Crippen LogP contribution in [0.15, 0.2) is 47.7 Å². The molecular weight excluding hydrogens is 236 g/mol. The van der Waals surface area contributed by atoms with Gasteiger partial charge in [-0.1, -0.05) is 23.8 Å². The largest absolute Gasteiger partial charge is 0.498 e. The van der Waals surface area contributed by atoms with E-state index in [0.717, 1.165) is 17.9 Å². The first kappa shape index (κ1) is 15.4. The molecule has 1 aromatic carbocycles. The minimum Gasteiger partial charge on any atom is -0.498 e. The van der Waals surface area contributed by atoms with Crippen molar-refractivity contribution in [2.75, 3.05) is 13.2 Å². The smallest absolute Gasteiger partial charge is 0.119 e. The van der Waals surface area contributed by atoms with Crippen LogP contribution >= 0.6 is 0 Å². The van der Waals surface area contributed by atoms with E-state index in [1.165, 1.54) is 11.1 Å². The van der Waals surface area contributed by atoms with E-state index < -0.39 is 0 Å². The Kier molecular flexibility index (Phi) is 6.80. The summed E-state index contributed by atoms with van der Waals surface area (Å²) in [5, 5.41) is 0. The Morgan fingerprint density at radius 3 is 2.58 bits per heavy atom. The summed E-state index contributed by atoms with van der Waals surface area (Å²) < 4.78 is 11.2. The van der Waals surface area contributed by atoms with Crippen molar-refractivity contribution in [2.24, 2.45) is 0 Å². The highest BCUT2D eigenvalue weighted by Gasteiger charge is 1.95. The van der Waals surface area contributed by atoms with Crippen LogP contribution in [0.5, 0.6) is 5.75 Å². The number of allylic oxidation sites excluding steroid dienone is 4. The lowest BCUT2D eigenvalue weighted by Crippen LogP contribution is -2.02. The highest BCUT2D eigenvalue weighted by Crippen LogP contribution is 2.12. The number of benzene rings is 1. The van der Waals surface area contributed by atoms with Crippen molar-refractivity contribution in [1.82, 2.24) is 0 Å². The van der Waals surface area contributed by atoms with Crippen LogP contribution in [0.2, 0.25) is 0 Å². The Morgan fingerprint density at radius 1 is 1.11 bits per heavy atom. The van der Waals surface area contributed by atoms with E-state index in [9.17, 15) is 0 Å². The Bertz CT molecular complexity index is 440. The van der Waals surface area contributed by atoms with E-state index in [1.54, 1.807) is 0 Å². The van der Waals surface area contributed by atoms with Crippen molar-refractivity contribution in [3.05, 3.63) is 53.3 Å². The van der Waals surface area contributed by atoms with Crippen LogP contribution in [0.3, 0.4) is 0 Å². The zero-order chi connectivity index (χ0) is 14.1. The molecule has 0 aromatic heterocycles. The standard InChI is InChI=1S/C17H24O2/c1-14(2)9-10-16(4)18-11-6-12-19-17-8-5-7-15(3)13-17/h5,7-10,13H,6,11-12H2,1-4H3/b16-10+. The Hall–Kier alpha value is -1.70. The quantitative estimate of drug-likeness (QED) is 0.403. The summed E-state index contributed by atoms with van der Waals surface area (Å²) in [6.07, 6.45) is 4.93. The van der Waals surface area contributed by atoms with Crippen LogP contribution < -0.4 is 4.74 Å². The molecule has 2 nitrogen and oxygen atoms in total. The SMILES string of the molecule is CC(C)=C/C=C(\C)OCCCOc1cccc(C)c1. The van der Waals surface area contributed by atoms with E-state index in [0.29, 0.717) is 13.2 Å². The highest BCUT2D eigenvalue weighted by atomic mass is 16.5. The van der Waals surface area contributed by atoms with Gasteiger partial charge in [0.25, 0.3) is 0 Å². The molecule has 0 spiro atoms. The second-order valence-corrected chi connectivity index (χ2v) is 4.89. The molecule has 0 radical (unpaired) electrons. The molecule has 1 rings (SSSR count). The molecule has 0 fully saturated rings. The van der Waals surface area contributed by atoms with Gasteiger partial charge in [0.05, 0.1) is 19.0 Å². The third-order valence-corrected chi connectivity index (χ3v) is 2.53. The first-order valence-corrected chi connectivity index (χ1v) is 6.72. The summed E-state index contributed by atoms with van der Waals surface area (Å²) in [5.41, 5.74) is 2.49. The van der Waals surface area contributed by atoms with Gasteiger partial charge < -0.3 is 9.47 Å². The predicted octanol–water partition coefficient (Wildman–Crippen LogP) is 4.65. The van der Waals surface area contributed by atoms with Crippen LogP contribution in [-0.2, 0) is 4.74 Å². The molecule has 0 heterocycles. The first-order valence-electron chi connectivity index (χ1n) is 6.72. The second-order valence-electron chi connectivity index (χ2n) is 4.89. The van der Waals surface area contributed by atoms with E-state index in [1.807, 2.05) is 31.2 Å². The normalized spacial score (nSPS) is 11.1. The molecule has 0 saturated carbocycles. The third kappa shape index (κ3) is 7.35. The van der Waals surface area contributed by atoms with Gasteiger partial charge in [-0.2, -0.15) is 0 Å². The fraction of sp³-hybridized carbons (Fsp3) is 0.412. The van der Waals surface area contributed by atoms with Gasteiger partial charge >= 0.3 is 0 Å². The second kappa shape index (κ2) is 8.41. The molecule has 0 saturated heterocycles. The first-order chi connectivity index (χ1) is 9.08. The predicted molar refractivity (Wildman–Crippen MR) is 80.4 cm³/mol. The van der Waals surface area contributed by atoms with Crippen molar-refractivity contribution in [3.8, 4) is 5.75 Å². The summed E-state index contributed by atoms with van der Waals surface area (Å²) in [4.78, 5) is 0. The summed E-state index contributed by atoms with van der Waals surface area (Å²) in [7, 11) is 0. The van der Waals surface area contributed by atoms with Crippen molar-refractivity contribution < 1.29 is 9.47 Å². The van der Waals surface area contributed by atoms with Gasteiger partial charge in [0.1, 0.15) is 5.75 Å². The van der Waals surface area contributed by atoms with Crippen molar-refractivity contribution in [1.29, 1.82) is 0 Å². The van der Waals surface area contributed by atoms with Crippen molar-refractivity contribution in [2.45, 2.75) is 34.1 Å². The summed E-state index contributed by atoms with van der Waals surface area (Å²) in [6, 6.07) is 8.09. The molecular formula is C17H24O2. The van der Waals surface area contributed by atoms with Crippen LogP contribution in [-0.4, -0.2) is 13.2 Å². The van der Waals surface area contributed by atoms with Crippen LogP contribution in [0.1, 0.15) is 32.8 Å². The number of ether oxygens (including phenoxy) is 2. The molecule has 2 heteroatoms. The molecule has 0 atom stereocenters. The molecule has 104 valence electrons. The minimum atomic E-state index is 0.680. The number of rotatable bonds is 7. The van der Waals surface area contributed by atoms with Gasteiger partial charge in [0.15, 0.2) is 0 Å². The minimum absolute atomic E-state index is 0.680. The van der Waals surface area contributed by atoms with Gasteiger partial charge in [-0.25, -0.2) is 0 Å². The lowest BCUT2D eigenvalue weighted by molar-refractivity contribution is 0.184. The number of hydrogen-bond acceptors (Lipinski definition) is 2. The molecule has 0 bridgehead atoms. The molecule has 0 amide bonds. The number of hydrogen-bond donors (Lipinski definition) is 0. The average molecular weight is 260 g/mol.